The van der Waals surface area contributed by atoms with Crippen LogP contribution in [0.5, 0.6) is 11.5 Å². The molecule has 4 aliphatic heterocycles. The summed E-state index contributed by atoms with van der Waals surface area (Å²) in [6, 6.07) is 13.7. The number of piperidine rings is 2. The van der Waals surface area contributed by atoms with Crippen molar-refractivity contribution in [2.24, 2.45) is 0 Å². The number of morpholine rings is 2. The standard InChI is InChI=1S/C44H64N6O12/c1-3-17-47-19-13-35(14-20-47)59-33-9-5-31(6-10-33)45-39(53)41(49-23-27-57-28-24-49)61-43(55)37(51)38(52)44(56)62-42(50-25-29-58-30-26-50)40(54)46-32-7-11-34(12-8-32)60-36-15-21-48(18-4-2)22-16-36/h5-12,35-38,41-42,51-52H,3-4,13-30H2,1-2H3,(H,45,53)(H,46,54). The Hall–Kier alpha value is -4.40. The Morgan fingerprint density at radius 1 is 0.581 bits per heavy atom. The average Bonchev–Trinajstić information content (AvgIpc) is 3.30. The Morgan fingerprint density at radius 3 is 1.24 bits per heavy atom. The summed E-state index contributed by atoms with van der Waals surface area (Å²) in [7, 11) is 0. The molecule has 4 unspecified atom stereocenters. The molecule has 4 heterocycles. The molecule has 0 spiro atoms. The molecule has 0 aromatic heterocycles. The van der Waals surface area contributed by atoms with Crippen LogP contribution in [0.15, 0.2) is 48.5 Å². The normalized spacial score (nSPS) is 20.9. The molecule has 4 fully saturated rings. The highest BCUT2D eigenvalue weighted by atomic mass is 16.6. The van der Waals surface area contributed by atoms with Crippen LogP contribution in [0.1, 0.15) is 52.4 Å². The number of hydrogen-bond donors (Lipinski definition) is 4. The summed E-state index contributed by atoms with van der Waals surface area (Å²) in [5, 5.41) is 27.3. The minimum atomic E-state index is -2.45. The topological polar surface area (TPSA) is 201 Å². The summed E-state index contributed by atoms with van der Waals surface area (Å²) in [6.45, 7) is 12.3. The first-order valence-corrected chi connectivity index (χ1v) is 22.1. The molecule has 4 N–H and O–H groups in total. The van der Waals surface area contributed by atoms with E-state index in [1.54, 1.807) is 58.3 Å². The van der Waals surface area contributed by atoms with Gasteiger partial charge in [0.2, 0.25) is 12.5 Å². The molecular weight excluding hydrogens is 805 g/mol. The molecule has 0 aliphatic carbocycles. The predicted molar refractivity (Wildman–Crippen MR) is 227 cm³/mol. The lowest BCUT2D eigenvalue weighted by atomic mass is 10.1. The molecule has 62 heavy (non-hydrogen) atoms. The van der Waals surface area contributed by atoms with Gasteiger partial charge in [-0.25, -0.2) is 9.59 Å². The van der Waals surface area contributed by atoms with Gasteiger partial charge in [-0.2, -0.15) is 0 Å². The number of ether oxygens (including phenoxy) is 6. The Labute approximate surface area is 363 Å². The second-order valence-corrected chi connectivity index (χ2v) is 16.1. The molecule has 2 amide bonds. The first-order chi connectivity index (χ1) is 30.1. The molecule has 342 valence electrons. The van der Waals surface area contributed by atoms with Gasteiger partial charge in [0.25, 0.3) is 11.8 Å². The monoisotopic (exact) mass is 868 g/mol. The van der Waals surface area contributed by atoms with Gasteiger partial charge in [0.1, 0.15) is 23.7 Å². The molecule has 0 saturated carbocycles. The second kappa shape index (κ2) is 23.9. The number of esters is 2. The highest BCUT2D eigenvalue weighted by Crippen LogP contribution is 2.24. The van der Waals surface area contributed by atoms with Crippen molar-refractivity contribution in [2.45, 2.75) is 89.2 Å². The van der Waals surface area contributed by atoms with Gasteiger partial charge in [0, 0.05) is 63.7 Å². The number of aliphatic hydroxyl groups excluding tert-OH is 2. The summed E-state index contributed by atoms with van der Waals surface area (Å²) >= 11 is 0. The molecular formula is C44H64N6O12. The summed E-state index contributed by atoms with van der Waals surface area (Å²) in [6.07, 6.45) is -1.85. The van der Waals surface area contributed by atoms with Crippen LogP contribution in [0, 0.1) is 0 Å². The van der Waals surface area contributed by atoms with Gasteiger partial charge in [-0.05, 0) is 100 Å². The number of carbonyl (C=O) groups excluding carboxylic acids is 4. The molecule has 2 aromatic carbocycles. The minimum absolute atomic E-state index is 0.0994. The van der Waals surface area contributed by atoms with Crippen LogP contribution in [-0.4, -0.2) is 182 Å². The maximum atomic E-state index is 13.6. The zero-order valence-electron chi connectivity index (χ0n) is 36.0. The molecule has 4 atom stereocenters. The van der Waals surface area contributed by atoms with Crippen LogP contribution in [-0.2, 0) is 38.1 Å². The van der Waals surface area contributed by atoms with Crippen molar-refractivity contribution >= 4 is 35.1 Å². The summed E-state index contributed by atoms with van der Waals surface area (Å²) in [5.41, 5.74) is 0.822. The third-order valence-electron chi connectivity index (χ3n) is 11.4. The lowest BCUT2D eigenvalue weighted by molar-refractivity contribution is -0.192. The van der Waals surface area contributed by atoms with Gasteiger partial charge in [0.15, 0.2) is 12.2 Å². The highest BCUT2D eigenvalue weighted by Gasteiger charge is 2.41. The third-order valence-corrected chi connectivity index (χ3v) is 11.4. The number of benzene rings is 2. The Kier molecular flexibility index (Phi) is 18.1. The third kappa shape index (κ3) is 13.8. The van der Waals surface area contributed by atoms with Gasteiger partial charge < -0.3 is 59.1 Å². The zero-order chi connectivity index (χ0) is 43.8. The smallest absolute Gasteiger partial charge is 0.340 e. The number of rotatable bonds is 19. The van der Waals surface area contributed by atoms with Crippen LogP contribution in [0.3, 0.4) is 0 Å². The summed E-state index contributed by atoms with van der Waals surface area (Å²) < 4.78 is 34.2. The molecule has 2 aromatic rings. The van der Waals surface area contributed by atoms with Gasteiger partial charge in [0.05, 0.1) is 26.4 Å². The molecule has 6 rings (SSSR count). The highest BCUT2D eigenvalue weighted by molar-refractivity contribution is 5.97. The van der Waals surface area contributed by atoms with E-state index in [1.165, 1.54) is 0 Å². The van der Waals surface area contributed by atoms with E-state index in [0.29, 0.717) is 22.9 Å². The zero-order valence-corrected chi connectivity index (χ0v) is 36.0. The number of nitrogens with zero attached hydrogens (tertiary/aromatic N) is 4. The Bertz CT molecular complexity index is 1580. The lowest BCUT2D eigenvalue weighted by Crippen LogP contribution is -2.55. The van der Waals surface area contributed by atoms with E-state index in [9.17, 15) is 29.4 Å². The fourth-order valence-electron chi connectivity index (χ4n) is 7.99. The Morgan fingerprint density at radius 2 is 0.919 bits per heavy atom. The molecule has 18 nitrogen and oxygen atoms in total. The number of nitrogens with one attached hydrogen (secondary N) is 2. The SMILES string of the molecule is CCCN1CCC(Oc2ccc(NC(=O)C(OC(=O)C(O)C(O)C(=O)OC(C(=O)Nc3ccc(OC4CCN(CCC)CC4)cc3)N3CCOCC3)N3CCOCC3)cc2)CC1. The number of carbonyl (C=O) groups is 4. The first kappa shape index (κ1) is 47.1. The van der Waals surface area contributed by atoms with Crippen LogP contribution < -0.4 is 20.1 Å². The Balaban J connectivity index is 1.03. The predicted octanol–water partition coefficient (Wildman–Crippen LogP) is 1.90. The first-order valence-electron chi connectivity index (χ1n) is 22.1. The van der Waals surface area contributed by atoms with Crippen molar-refractivity contribution in [3.05, 3.63) is 48.5 Å². The van der Waals surface area contributed by atoms with Crippen molar-refractivity contribution < 1.29 is 57.8 Å². The number of amides is 2. The maximum Gasteiger partial charge on any atom is 0.340 e. The molecule has 0 bridgehead atoms. The quantitative estimate of drug-likeness (QED) is 0.149. The van der Waals surface area contributed by atoms with E-state index in [-0.39, 0.29) is 64.8 Å². The van der Waals surface area contributed by atoms with Gasteiger partial charge in [-0.1, -0.05) is 13.8 Å². The fraction of sp³-hybridized carbons (Fsp3) is 0.636. The van der Waals surface area contributed by atoms with Crippen LogP contribution >= 0.6 is 0 Å². The molecule has 4 saturated heterocycles. The largest absolute Gasteiger partial charge is 0.490 e. The second-order valence-electron chi connectivity index (χ2n) is 16.1. The minimum Gasteiger partial charge on any atom is -0.490 e. The van der Waals surface area contributed by atoms with E-state index in [0.717, 1.165) is 77.8 Å². The number of likely N-dealkylation sites (tertiary alicyclic amines) is 2. The van der Waals surface area contributed by atoms with Crippen molar-refractivity contribution in [1.29, 1.82) is 0 Å². The maximum absolute atomic E-state index is 13.6. The lowest BCUT2D eigenvalue weighted by Gasteiger charge is -2.34. The van der Waals surface area contributed by atoms with Crippen molar-refractivity contribution in [2.75, 3.05) is 103 Å². The van der Waals surface area contributed by atoms with E-state index in [4.69, 9.17) is 28.4 Å². The molecule has 4 aliphatic rings. The van der Waals surface area contributed by atoms with E-state index in [2.05, 4.69) is 34.3 Å². The average molecular weight is 869 g/mol. The summed E-state index contributed by atoms with van der Waals surface area (Å²) in [4.78, 5) is 61.9. The van der Waals surface area contributed by atoms with Crippen molar-refractivity contribution in [3.8, 4) is 11.5 Å². The van der Waals surface area contributed by atoms with Crippen LogP contribution in [0.2, 0.25) is 0 Å². The number of hydrogen-bond acceptors (Lipinski definition) is 16. The molecule has 18 heteroatoms. The van der Waals surface area contributed by atoms with Crippen LogP contribution in [0.4, 0.5) is 11.4 Å². The van der Waals surface area contributed by atoms with Crippen LogP contribution in [0.25, 0.3) is 0 Å². The van der Waals surface area contributed by atoms with Gasteiger partial charge >= 0.3 is 11.9 Å². The number of aliphatic hydroxyl groups is 2. The van der Waals surface area contributed by atoms with Gasteiger partial charge in [-0.15, -0.1) is 0 Å². The van der Waals surface area contributed by atoms with E-state index < -0.39 is 48.4 Å². The van der Waals surface area contributed by atoms with E-state index in [1.807, 2.05) is 0 Å². The van der Waals surface area contributed by atoms with Crippen molar-refractivity contribution in [1.82, 2.24) is 19.6 Å². The number of anilines is 2. The van der Waals surface area contributed by atoms with Gasteiger partial charge in [-0.3, -0.25) is 19.4 Å². The fourth-order valence-corrected chi connectivity index (χ4v) is 7.99. The molecule has 0 radical (unpaired) electrons. The van der Waals surface area contributed by atoms with E-state index >= 15 is 0 Å². The van der Waals surface area contributed by atoms with Crippen molar-refractivity contribution in [3.63, 3.8) is 0 Å². The summed E-state index contributed by atoms with van der Waals surface area (Å²) in [5.74, 6) is -3.01.